The number of carbonyl (C=O) groups is 1. The zero-order valence-electron chi connectivity index (χ0n) is 29.9. The number of fused-ring (bicyclic) bond motifs is 2. The zero-order valence-corrected chi connectivity index (χ0v) is 32.5. The second kappa shape index (κ2) is 19.9. The first-order valence-electron chi connectivity index (χ1n) is 16.9. The number of phosphoric acid groups is 2. The number of aliphatic hydroxyl groups is 1. The SMILES string of the molecule is CC/C(=C(/CC)c1ccc(OP(=O)(O)O)cc1)c1ccc(OP(=O)(O)O)cc1.CN1[C@@H]2CC[C@H]1CC(OC(=O)[C@H](CO)c1ccccc1)C2.O=S(=O)(O)O. The largest absolute Gasteiger partial charge is 0.524 e. The van der Waals surface area contributed by atoms with E-state index in [9.17, 15) is 19.0 Å². The predicted molar refractivity (Wildman–Crippen MR) is 200 cm³/mol. The summed E-state index contributed by atoms with van der Waals surface area (Å²) < 4.78 is 68.3. The lowest BCUT2D eigenvalue weighted by atomic mass is 9.91. The summed E-state index contributed by atoms with van der Waals surface area (Å²) in [4.78, 5) is 50.3. The van der Waals surface area contributed by atoms with E-state index >= 15 is 0 Å². The molecule has 3 aromatic carbocycles. The van der Waals surface area contributed by atoms with Crippen LogP contribution < -0.4 is 9.05 Å². The van der Waals surface area contributed by atoms with E-state index in [0.29, 0.717) is 24.9 Å². The van der Waals surface area contributed by atoms with Gasteiger partial charge in [-0.3, -0.25) is 33.5 Å². The van der Waals surface area contributed by atoms with Crippen molar-refractivity contribution in [2.45, 2.75) is 76.5 Å². The van der Waals surface area contributed by atoms with Gasteiger partial charge in [0.15, 0.2) is 0 Å². The predicted octanol–water partition coefficient (Wildman–Crippen LogP) is 5.64. The van der Waals surface area contributed by atoms with Gasteiger partial charge in [0.1, 0.15) is 23.5 Å². The maximum atomic E-state index is 12.4. The molecule has 3 aromatic rings. The highest BCUT2D eigenvalue weighted by Gasteiger charge is 2.40. The summed E-state index contributed by atoms with van der Waals surface area (Å²) >= 11 is 0. The number of piperidine rings is 1. The molecule has 0 saturated carbocycles. The van der Waals surface area contributed by atoms with Crippen molar-refractivity contribution in [3.8, 4) is 11.5 Å². The number of hydrogen-bond donors (Lipinski definition) is 7. The number of allylic oxidation sites excluding steroid dienone is 2. The molecule has 0 aliphatic carbocycles. The van der Waals surface area contributed by atoms with Gasteiger partial charge in [0.2, 0.25) is 0 Å². The van der Waals surface area contributed by atoms with Crippen molar-refractivity contribution in [3.05, 3.63) is 95.6 Å². The third-order valence-electron chi connectivity index (χ3n) is 8.93. The van der Waals surface area contributed by atoms with E-state index in [1.54, 1.807) is 24.3 Å². The van der Waals surface area contributed by atoms with Gasteiger partial charge in [-0.2, -0.15) is 8.42 Å². The molecule has 2 heterocycles. The molecule has 1 unspecified atom stereocenters. The van der Waals surface area contributed by atoms with Gasteiger partial charge < -0.3 is 23.8 Å². The second-order valence-corrected chi connectivity index (χ2v) is 15.8. The van der Waals surface area contributed by atoms with Crippen LogP contribution >= 0.6 is 15.6 Å². The highest BCUT2D eigenvalue weighted by Crippen LogP contribution is 2.40. The molecule has 2 bridgehead atoms. The van der Waals surface area contributed by atoms with Crippen molar-refractivity contribution >= 4 is 43.2 Å². The molecule has 0 radical (unpaired) electrons. The molecule has 7 N–H and O–H groups in total. The number of carbonyl (C=O) groups excluding carboxylic acids is 1. The van der Waals surface area contributed by atoms with Gasteiger partial charge in [-0.1, -0.05) is 68.4 Å². The third kappa shape index (κ3) is 15.0. The second-order valence-electron chi connectivity index (χ2n) is 12.6. The lowest BCUT2D eigenvalue weighted by molar-refractivity contribution is -0.155. The van der Waals surface area contributed by atoms with E-state index in [-0.39, 0.29) is 30.2 Å². The van der Waals surface area contributed by atoms with E-state index in [1.807, 2.05) is 44.2 Å². The summed E-state index contributed by atoms with van der Waals surface area (Å²) in [5, 5.41) is 9.53. The molecule has 5 rings (SSSR count). The van der Waals surface area contributed by atoms with Crippen LogP contribution in [-0.2, 0) is 29.1 Å². The smallest absolute Gasteiger partial charge is 0.462 e. The van der Waals surface area contributed by atoms with Crippen molar-refractivity contribution in [2.75, 3.05) is 13.7 Å². The normalized spacial score (nSPS) is 19.6. The van der Waals surface area contributed by atoms with Gasteiger partial charge in [-0.15, -0.1) is 0 Å². The molecular weight excluding hydrogens is 768 g/mol. The van der Waals surface area contributed by atoms with Gasteiger partial charge in [0.05, 0.1) is 6.61 Å². The molecule has 4 atom stereocenters. The molecule has 0 aromatic heterocycles. The molecule has 54 heavy (non-hydrogen) atoms. The lowest BCUT2D eigenvalue weighted by Gasteiger charge is -2.36. The van der Waals surface area contributed by atoms with E-state index in [0.717, 1.165) is 40.7 Å². The van der Waals surface area contributed by atoms with Crippen LogP contribution in [0.3, 0.4) is 0 Å². The van der Waals surface area contributed by atoms with Crippen LogP contribution in [0.2, 0.25) is 0 Å². The first-order chi connectivity index (χ1) is 25.2. The summed E-state index contributed by atoms with van der Waals surface area (Å²) in [5.41, 5.74) is 4.66. The Hall–Kier alpha value is -3.44. The van der Waals surface area contributed by atoms with Crippen molar-refractivity contribution in [1.29, 1.82) is 0 Å². The fraction of sp³-hybridized carbons (Fsp3) is 0.400. The molecule has 0 spiro atoms. The molecule has 2 aliphatic rings. The Labute approximate surface area is 314 Å². The Kier molecular flexibility index (Phi) is 16.6. The number of nitrogens with zero attached hydrogens (tertiary/aromatic N) is 1. The van der Waals surface area contributed by atoms with Gasteiger partial charge in [0.25, 0.3) is 0 Å². The van der Waals surface area contributed by atoms with Crippen LogP contribution in [0.4, 0.5) is 0 Å². The maximum absolute atomic E-state index is 12.4. The van der Waals surface area contributed by atoms with E-state index in [1.165, 1.54) is 37.1 Å². The van der Waals surface area contributed by atoms with Crippen LogP contribution in [0.5, 0.6) is 11.5 Å². The molecule has 2 saturated heterocycles. The van der Waals surface area contributed by atoms with Crippen molar-refractivity contribution < 1.29 is 69.9 Å². The van der Waals surface area contributed by atoms with Crippen LogP contribution in [0.1, 0.15) is 75.0 Å². The van der Waals surface area contributed by atoms with Crippen molar-refractivity contribution in [1.82, 2.24) is 4.90 Å². The molecule has 298 valence electrons. The average molecular weight is 816 g/mol. The highest BCUT2D eigenvalue weighted by molar-refractivity contribution is 7.79. The first kappa shape index (κ1) is 45.0. The fourth-order valence-corrected chi connectivity index (χ4v) is 7.39. The first-order valence-corrected chi connectivity index (χ1v) is 21.4. The molecular formula is C35H47NO15P2S. The number of esters is 1. The van der Waals surface area contributed by atoms with Crippen LogP contribution in [-0.4, -0.2) is 84.9 Å². The van der Waals surface area contributed by atoms with Gasteiger partial charge in [-0.25, -0.2) is 9.13 Å². The number of benzene rings is 3. The Balaban J connectivity index is 0.000000265. The van der Waals surface area contributed by atoms with Crippen LogP contribution in [0, 0.1) is 0 Å². The average Bonchev–Trinajstić information content (AvgIpc) is 3.26. The summed E-state index contributed by atoms with van der Waals surface area (Å²) in [6.07, 6.45) is 5.68. The van der Waals surface area contributed by atoms with Gasteiger partial charge >= 0.3 is 32.0 Å². The quantitative estimate of drug-likeness (QED) is 0.0505. The van der Waals surface area contributed by atoms with E-state index in [4.69, 9.17) is 41.8 Å². The standard InChI is InChI=1S/C18H22O8P2.C17H23NO3.H2O4S/c1-3-17(13-5-9-15(10-6-13)25-27(19,20)21)18(4-2)14-7-11-16(12-8-14)26-28(22,23)24;1-18-13-7-8-14(18)10-15(9-13)21-17(20)16(11-19)12-5-3-2-4-6-12;1-5(2,3)4/h5-12H,3-4H2,1-2H3,(H2,19,20,21)(H2,22,23,24);2-6,13-16,19H,7-11H2,1H3;(H2,1,2,3,4)/b18-17+;;/t;13-,14+,15?,16-;/m.1./s1. The number of aliphatic hydroxyl groups excluding tert-OH is 1. The Morgan fingerprint density at radius 1 is 0.759 bits per heavy atom. The molecule has 19 heteroatoms. The maximum Gasteiger partial charge on any atom is 0.524 e. The minimum Gasteiger partial charge on any atom is -0.462 e. The third-order valence-corrected chi connectivity index (χ3v) is 9.83. The lowest BCUT2D eigenvalue weighted by Crippen LogP contribution is -2.43. The number of phosphoric ester groups is 2. The molecule has 16 nitrogen and oxygen atoms in total. The number of hydrogen-bond acceptors (Lipinski definition) is 10. The Morgan fingerprint density at radius 2 is 1.15 bits per heavy atom. The van der Waals surface area contributed by atoms with Gasteiger partial charge in [0, 0.05) is 12.1 Å². The number of ether oxygens (including phenoxy) is 1. The molecule has 2 aliphatic heterocycles. The van der Waals surface area contributed by atoms with Crippen molar-refractivity contribution in [3.63, 3.8) is 0 Å². The van der Waals surface area contributed by atoms with Crippen LogP contribution in [0.25, 0.3) is 11.1 Å². The number of rotatable bonds is 12. The zero-order chi connectivity index (χ0) is 40.3. The van der Waals surface area contributed by atoms with Gasteiger partial charge in [-0.05, 0) is 97.7 Å². The summed E-state index contributed by atoms with van der Waals surface area (Å²) in [5.74, 6) is -0.713. The fourth-order valence-electron chi connectivity index (χ4n) is 6.60. The van der Waals surface area contributed by atoms with E-state index < -0.39 is 32.0 Å². The summed E-state index contributed by atoms with van der Waals surface area (Å²) in [7, 11) is -11.7. The molecule has 2 fully saturated rings. The monoisotopic (exact) mass is 815 g/mol. The minimum atomic E-state index is -4.67. The summed E-state index contributed by atoms with van der Waals surface area (Å²) in [6.45, 7) is 3.79. The summed E-state index contributed by atoms with van der Waals surface area (Å²) in [6, 6.07) is 23.4. The molecule has 0 amide bonds. The minimum absolute atomic E-state index is 0.00367. The highest BCUT2D eigenvalue weighted by atomic mass is 32.3. The van der Waals surface area contributed by atoms with E-state index in [2.05, 4.69) is 21.0 Å². The topological polar surface area (TPSA) is 258 Å². The van der Waals surface area contributed by atoms with Crippen molar-refractivity contribution in [2.24, 2.45) is 0 Å². The Bertz CT molecular complexity index is 1800. The Morgan fingerprint density at radius 3 is 1.48 bits per heavy atom. The van der Waals surface area contributed by atoms with Crippen LogP contribution in [0.15, 0.2) is 78.9 Å².